The summed E-state index contributed by atoms with van der Waals surface area (Å²) in [4.78, 5) is 19.5. The number of anilines is 2. The van der Waals surface area contributed by atoms with E-state index in [1.807, 2.05) is 0 Å². The molecular weight excluding hydrogens is 244 g/mol. The molecule has 0 amide bonds. The molecule has 1 aromatic carbocycles. The van der Waals surface area contributed by atoms with Gasteiger partial charge in [-0.05, 0) is 30.3 Å². The molecule has 98 valence electrons. The topological polar surface area (TPSA) is 90.1 Å². The van der Waals surface area contributed by atoms with Gasteiger partial charge in [0.15, 0.2) is 0 Å². The zero-order valence-electron chi connectivity index (χ0n) is 10.5. The van der Waals surface area contributed by atoms with Crippen LogP contribution in [0.2, 0.25) is 0 Å². The second-order valence-corrected chi connectivity index (χ2v) is 3.76. The highest BCUT2D eigenvalue weighted by molar-refractivity contribution is 5.89. The van der Waals surface area contributed by atoms with Crippen LogP contribution >= 0.6 is 0 Å². The number of rotatable bonds is 4. The Kier molecular flexibility index (Phi) is 4.04. The Morgan fingerprint density at radius 1 is 1.32 bits per heavy atom. The van der Waals surface area contributed by atoms with E-state index >= 15 is 0 Å². The fourth-order valence-corrected chi connectivity index (χ4v) is 1.52. The minimum Gasteiger partial charge on any atom is -0.465 e. The smallest absolute Gasteiger partial charge is 0.337 e. The molecule has 19 heavy (non-hydrogen) atoms. The number of carbonyl (C=O) groups is 1. The van der Waals surface area contributed by atoms with Crippen molar-refractivity contribution in [1.82, 2.24) is 9.97 Å². The van der Waals surface area contributed by atoms with E-state index in [1.54, 1.807) is 36.5 Å². The number of benzene rings is 1. The molecule has 0 fully saturated rings. The van der Waals surface area contributed by atoms with Crippen LogP contribution in [0.5, 0.6) is 0 Å². The standard InChI is InChI=1S/C13H14N4O2/c1-19-13(18)9-2-4-10(5-3-9)16-11-6-7-15-12(8-14)17-11/h2-7H,8,14H2,1H3,(H,15,16,17). The lowest BCUT2D eigenvalue weighted by Gasteiger charge is -2.07. The van der Waals surface area contributed by atoms with Crippen molar-refractivity contribution >= 4 is 17.5 Å². The molecule has 3 N–H and O–H groups in total. The number of hydrogen-bond acceptors (Lipinski definition) is 6. The summed E-state index contributed by atoms with van der Waals surface area (Å²) >= 11 is 0. The highest BCUT2D eigenvalue weighted by Crippen LogP contribution is 2.15. The molecule has 0 aliphatic carbocycles. The second kappa shape index (κ2) is 5.92. The number of ether oxygens (including phenoxy) is 1. The van der Waals surface area contributed by atoms with Gasteiger partial charge in [0.2, 0.25) is 0 Å². The number of hydrogen-bond donors (Lipinski definition) is 2. The van der Waals surface area contributed by atoms with Crippen molar-refractivity contribution in [1.29, 1.82) is 0 Å². The summed E-state index contributed by atoms with van der Waals surface area (Å²) in [5.74, 6) is 0.858. The summed E-state index contributed by atoms with van der Waals surface area (Å²) in [5.41, 5.74) is 6.79. The first-order valence-corrected chi connectivity index (χ1v) is 5.70. The molecule has 0 atom stereocenters. The maximum absolute atomic E-state index is 11.3. The average molecular weight is 258 g/mol. The molecule has 2 rings (SSSR count). The first kappa shape index (κ1) is 13.0. The molecule has 1 aromatic heterocycles. The first-order valence-electron chi connectivity index (χ1n) is 5.70. The van der Waals surface area contributed by atoms with Crippen molar-refractivity contribution in [2.45, 2.75) is 6.54 Å². The van der Waals surface area contributed by atoms with Gasteiger partial charge in [0, 0.05) is 11.9 Å². The summed E-state index contributed by atoms with van der Waals surface area (Å²) in [6, 6.07) is 8.65. The van der Waals surface area contributed by atoms with Gasteiger partial charge in [-0.3, -0.25) is 0 Å². The van der Waals surface area contributed by atoms with Crippen LogP contribution in [0.15, 0.2) is 36.5 Å². The van der Waals surface area contributed by atoms with Gasteiger partial charge in [-0.15, -0.1) is 0 Å². The molecule has 6 nitrogen and oxygen atoms in total. The van der Waals surface area contributed by atoms with E-state index in [0.29, 0.717) is 17.2 Å². The Labute approximate surface area is 110 Å². The molecule has 0 saturated heterocycles. The van der Waals surface area contributed by atoms with Crippen LogP contribution in [0, 0.1) is 0 Å². The van der Waals surface area contributed by atoms with Crippen LogP contribution in [0.25, 0.3) is 0 Å². The Morgan fingerprint density at radius 3 is 2.68 bits per heavy atom. The van der Waals surface area contributed by atoms with Crippen LogP contribution in [-0.2, 0) is 11.3 Å². The number of carbonyl (C=O) groups excluding carboxylic acids is 1. The molecule has 0 aliphatic heterocycles. The van der Waals surface area contributed by atoms with Gasteiger partial charge in [0.05, 0.1) is 19.2 Å². The predicted molar refractivity (Wildman–Crippen MR) is 71.0 cm³/mol. The lowest BCUT2D eigenvalue weighted by Crippen LogP contribution is -2.05. The fraction of sp³-hybridized carbons (Fsp3) is 0.154. The number of nitrogens with two attached hydrogens (primary N) is 1. The molecule has 0 spiro atoms. The van der Waals surface area contributed by atoms with Crippen molar-refractivity contribution in [2.24, 2.45) is 5.73 Å². The molecule has 0 bridgehead atoms. The Morgan fingerprint density at radius 2 is 2.05 bits per heavy atom. The number of nitrogens with one attached hydrogen (secondary N) is 1. The molecule has 0 unspecified atom stereocenters. The third-order valence-electron chi connectivity index (χ3n) is 2.47. The lowest BCUT2D eigenvalue weighted by atomic mass is 10.2. The van der Waals surface area contributed by atoms with Crippen LogP contribution in [0.4, 0.5) is 11.5 Å². The summed E-state index contributed by atoms with van der Waals surface area (Å²) in [6.07, 6.45) is 1.64. The SMILES string of the molecule is COC(=O)c1ccc(Nc2ccnc(CN)n2)cc1. The van der Waals surface area contributed by atoms with Crippen LogP contribution in [0.1, 0.15) is 16.2 Å². The Hall–Kier alpha value is -2.47. The van der Waals surface area contributed by atoms with Crippen molar-refractivity contribution in [3.05, 3.63) is 47.9 Å². The van der Waals surface area contributed by atoms with Crippen LogP contribution in [0.3, 0.4) is 0 Å². The summed E-state index contributed by atoms with van der Waals surface area (Å²) in [7, 11) is 1.35. The molecular formula is C13H14N4O2. The first-order chi connectivity index (χ1) is 9.22. The van der Waals surface area contributed by atoms with Crippen molar-refractivity contribution in [3.63, 3.8) is 0 Å². The highest BCUT2D eigenvalue weighted by atomic mass is 16.5. The van der Waals surface area contributed by atoms with E-state index in [1.165, 1.54) is 7.11 Å². The normalized spacial score (nSPS) is 10.0. The molecule has 1 heterocycles. The van der Waals surface area contributed by atoms with E-state index in [4.69, 9.17) is 5.73 Å². The van der Waals surface area contributed by atoms with Crippen molar-refractivity contribution in [2.75, 3.05) is 12.4 Å². The molecule has 6 heteroatoms. The largest absolute Gasteiger partial charge is 0.465 e. The van der Waals surface area contributed by atoms with Gasteiger partial charge in [-0.1, -0.05) is 0 Å². The monoisotopic (exact) mass is 258 g/mol. The number of aromatic nitrogens is 2. The summed E-state index contributed by atoms with van der Waals surface area (Å²) in [5, 5.41) is 3.10. The van der Waals surface area contributed by atoms with Gasteiger partial charge < -0.3 is 15.8 Å². The van der Waals surface area contributed by atoms with E-state index < -0.39 is 0 Å². The molecule has 2 aromatic rings. The highest BCUT2D eigenvalue weighted by Gasteiger charge is 2.04. The van der Waals surface area contributed by atoms with Gasteiger partial charge in [0.1, 0.15) is 11.6 Å². The second-order valence-electron chi connectivity index (χ2n) is 3.76. The minimum absolute atomic E-state index is 0.288. The minimum atomic E-state index is -0.362. The lowest BCUT2D eigenvalue weighted by molar-refractivity contribution is 0.0601. The third-order valence-corrected chi connectivity index (χ3v) is 2.47. The maximum Gasteiger partial charge on any atom is 0.337 e. The van der Waals surface area contributed by atoms with Crippen LogP contribution < -0.4 is 11.1 Å². The zero-order chi connectivity index (χ0) is 13.7. The maximum atomic E-state index is 11.3. The van der Waals surface area contributed by atoms with E-state index in [9.17, 15) is 4.79 Å². The zero-order valence-corrected chi connectivity index (χ0v) is 10.5. The summed E-state index contributed by atoms with van der Waals surface area (Å²) < 4.78 is 4.63. The number of nitrogens with zero attached hydrogens (tertiary/aromatic N) is 2. The number of methoxy groups -OCH3 is 1. The Balaban J connectivity index is 2.12. The van der Waals surface area contributed by atoms with E-state index in [0.717, 1.165) is 5.69 Å². The van der Waals surface area contributed by atoms with Gasteiger partial charge >= 0.3 is 5.97 Å². The molecule has 0 aliphatic rings. The van der Waals surface area contributed by atoms with E-state index in [2.05, 4.69) is 20.0 Å². The van der Waals surface area contributed by atoms with E-state index in [-0.39, 0.29) is 12.5 Å². The summed E-state index contributed by atoms with van der Waals surface area (Å²) in [6.45, 7) is 0.288. The molecule has 0 radical (unpaired) electrons. The molecule has 0 saturated carbocycles. The third kappa shape index (κ3) is 3.26. The Bertz CT molecular complexity index is 569. The van der Waals surface area contributed by atoms with Crippen LogP contribution in [-0.4, -0.2) is 23.0 Å². The quantitative estimate of drug-likeness (QED) is 0.807. The number of esters is 1. The fourth-order valence-electron chi connectivity index (χ4n) is 1.52. The predicted octanol–water partition coefficient (Wildman–Crippen LogP) is 1.47. The van der Waals surface area contributed by atoms with Crippen molar-refractivity contribution < 1.29 is 9.53 Å². The van der Waals surface area contributed by atoms with Crippen molar-refractivity contribution in [3.8, 4) is 0 Å². The average Bonchev–Trinajstić information content (AvgIpc) is 2.47. The van der Waals surface area contributed by atoms with Gasteiger partial charge in [-0.25, -0.2) is 14.8 Å². The van der Waals surface area contributed by atoms with Gasteiger partial charge in [0.25, 0.3) is 0 Å². The van der Waals surface area contributed by atoms with Gasteiger partial charge in [-0.2, -0.15) is 0 Å².